The number of aliphatic hydroxyl groups excluding tert-OH is 1. The second kappa shape index (κ2) is 8.20. The zero-order chi connectivity index (χ0) is 8.53. The van der Waals surface area contributed by atoms with E-state index in [2.05, 4.69) is 10.2 Å². The van der Waals surface area contributed by atoms with E-state index in [1.165, 1.54) is 0 Å². The van der Waals surface area contributed by atoms with E-state index in [0.29, 0.717) is 13.2 Å². The van der Waals surface area contributed by atoms with Crippen molar-refractivity contribution in [3.63, 3.8) is 0 Å². The fourth-order valence-electron chi connectivity index (χ4n) is 0.584. The van der Waals surface area contributed by atoms with Crippen molar-refractivity contribution >= 4 is 10.2 Å². The van der Waals surface area contributed by atoms with Crippen molar-refractivity contribution in [2.24, 2.45) is 0 Å². The van der Waals surface area contributed by atoms with E-state index >= 15 is 0 Å². The number of ether oxygens (including phenoxy) is 2. The molecule has 1 atom stereocenters. The molecule has 0 heterocycles. The molecule has 11 heavy (non-hydrogen) atoms. The number of hydrogen-bond acceptors (Lipinski definition) is 3. The van der Waals surface area contributed by atoms with Gasteiger partial charge in [-0.25, -0.2) is 0 Å². The number of hydrogen-bond donors (Lipinski definition) is 1. The minimum atomic E-state index is -0.176. The molecule has 0 bridgehead atoms. The molecule has 1 N–H and O–H groups in total. The van der Waals surface area contributed by atoms with E-state index in [1.807, 2.05) is 0 Å². The molecule has 0 aliphatic rings. The highest BCUT2D eigenvalue weighted by molar-refractivity contribution is 6.08. The van der Waals surface area contributed by atoms with Crippen LogP contribution >= 0.6 is 0 Å². The first-order valence-electron chi connectivity index (χ1n) is 3.71. The van der Waals surface area contributed by atoms with Gasteiger partial charge in [0.2, 0.25) is 0 Å². The van der Waals surface area contributed by atoms with Crippen LogP contribution in [0.2, 0.25) is 6.04 Å². The fraction of sp³-hybridized carbons (Fsp3) is 1.00. The van der Waals surface area contributed by atoms with Gasteiger partial charge in [0.15, 0.2) is 0 Å². The minimum absolute atomic E-state index is 0.0182. The van der Waals surface area contributed by atoms with Gasteiger partial charge >= 0.3 is 0 Å². The Morgan fingerprint density at radius 2 is 2.27 bits per heavy atom. The zero-order valence-corrected chi connectivity index (χ0v) is 7.88. The van der Waals surface area contributed by atoms with Gasteiger partial charge in [0.25, 0.3) is 0 Å². The number of methoxy groups -OCH3 is 1. The largest absolute Gasteiger partial charge is 0.394 e. The van der Waals surface area contributed by atoms with Gasteiger partial charge in [0.05, 0.1) is 13.2 Å². The van der Waals surface area contributed by atoms with Crippen LogP contribution in [-0.2, 0) is 9.47 Å². The summed E-state index contributed by atoms with van der Waals surface area (Å²) >= 11 is 0. The molecule has 1 unspecified atom stereocenters. The Kier molecular flexibility index (Phi) is 8.27. The Labute approximate surface area is 71.1 Å². The predicted molar refractivity (Wildman–Crippen MR) is 43.9 cm³/mol. The molecule has 0 saturated heterocycles. The third-order valence-electron chi connectivity index (χ3n) is 1.31. The first-order valence-corrected chi connectivity index (χ1v) is 4.41. The highest BCUT2D eigenvalue weighted by Gasteiger charge is 2.03. The highest BCUT2D eigenvalue weighted by atomic mass is 28.1. The molecule has 0 rings (SSSR count). The molecule has 0 amide bonds. The first-order chi connectivity index (χ1) is 5.35. The minimum Gasteiger partial charge on any atom is -0.394 e. The molecule has 3 radical (unpaired) electrons. The first kappa shape index (κ1) is 11.1. The lowest BCUT2D eigenvalue weighted by Gasteiger charge is -2.11. The van der Waals surface area contributed by atoms with E-state index in [4.69, 9.17) is 14.6 Å². The van der Waals surface area contributed by atoms with E-state index in [1.54, 1.807) is 7.11 Å². The van der Waals surface area contributed by atoms with Crippen molar-refractivity contribution in [3.05, 3.63) is 0 Å². The van der Waals surface area contributed by atoms with Crippen LogP contribution in [0.15, 0.2) is 0 Å². The van der Waals surface area contributed by atoms with Crippen LogP contribution in [0, 0.1) is 0 Å². The predicted octanol–water partition coefficient (Wildman–Crippen LogP) is -0.0128. The van der Waals surface area contributed by atoms with E-state index < -0.39 is 0 Å². The maximum Gasteiger partial charge on any atom is 0.103 e. The summed E-state index contributed by atoms with van der Waals surface area (Å²) in [6, 6.07) is 0.941. The van der Waals surface area contributed by atoms with Crippen LogP contribution in [0.3, 0.4) is 0 Å². The SMILES string of the molecule is COC(CO)COCCC[Si]. The van der Waals surface area contributed by atoms with Crippen molar-refractivity contribution in [1.82, 2.24) is 0 Å². The molecule has 0 saturated carbocycles. The van der Waals surface area contributed by atoms with Crippen LogP contribution in [0.5, 0.6) is 0 Å². The van der Waals surface area contributed by atoms with Gasteiger partial charge in [-0.3, -0.25) is 0 Å². The lowest BCUT2D eigenvalue weighted by Crippen LogP contribution is -2.22. The molecule has 3 nitrogen and oxygen atoms in total. The Morgan fingerprint density at radius 1 is 1.55 bits per heavy atom. The topological polar surface area (TPSA) is 38.7 Å². The molecule has 0 aliphatic heterocycles. The van der Waals surface area contributed by atoms with Crippen molar-refractivity contribution in [3.8, 4) is 0 Å². The molecule has 0 aromatic carbocycles. The van der Waals surface area contributed by atoms with Crippen molar-refractivity contribution in [1.29, 1.82) is 0 Å². The molecule has 0 fully saturated rings. The fourth-order valence-corrected chi connectivity index (χ4v) is 0.729. The van der Waals surface area contributed by atoms with Gasteiger partial charge in [-0.1, -0.05) is 6.04 Å². The van der Waals surface area contributed by atoms with E-state index in [-0.39, 0.29) is 12.7 Å². The Balaban J connectivity index is 3.07. The molecule has 0 aromatic heterocycles. The van der Waals surface area contributed by atoms with Gasteiger partial charge in [0, 0.05) is 24.0 Å². The zero-order valence-electron chi connectivity index (χ0n) is 6.88. The van der Waals surface area contributed by atoms with Gasteiger partial charge in [0.1, 0.15) is 6.10 Å². The highest BCUT2D eigenvalue weighted by Crippen LogP contribution is 1.92. The lowest BCUT2D eigenvalue weighted by molar-refractivity contribution is -0.0195. The maximum absolute atomic E-state index is 8.67. The summed E-state index contributed by atoms with van der Waals surface area (Å²) in [6.45, 7) is 1.20. The quantitative estimate of drug-likeness (QED) is 0.437. The summed E-state index contributed by atoms with van der Waals surface area (Å²) in [4.78, 5) is 0. The lowest BCUT2D eigenvalue weighted by atomic mass is 10.4. The van der Waals surface area contributed by atoms with Gasteiger partial charge < -0.3 is 14.6 Å². The molecule has 4 heteroatoms. The third kappa shape index (κ3) is 6.49. The van der Waals surface area contributed by atoms with Crippen LogP contribution in [0.4, 0.5) is 0 Å². The Hall–Kier alpha value is 0.0969. The van der Waals surface area contributed by atoms with Crippen molar-refractivity contribution in [2.75, 3.05) is 26.9 Å². The van der Waals surface area contributed by atoms with E-state index in [9.17, 15) is 0 Å². The van der Waals surface area contributed by atoms with Gasteiger partial charge in [-0.05, 0) is 6.42 Å². The summed E-state index contributed by atoms with van der Waals surface area (Å²) in [5, 5.41) is 8.67. The van der Waals surface area contributed by atoms with Crippen LogP contribution in [0.1, 0.15) is 6.42 Å². The summed E-state index contributed by atoms with van der Waals surface area (Å²) in [5.74, 6) is 0. The standard InChI is InChI=1S/C7H15O3Si/c1-9-7(5-8)6-10-3-2-4-11/h7-8H,2-6H2,1H3. The van der Waals surface area contributed by atoms with Gasteiger partial charge in [-0.2, -0.15) is 0 Å². The average molecular weight is 175 g/mol. The Morgan fingerprint density at radius 3 is 2.73 bits per heavy atom. The normalized spacial score (nSPS) is 13.4. The summed E-state index contributed by atoms with van der Waals surface area (Å²) < 4.78 is 10.1. The average Bonchev–Trinajstić information content (AvgIpc) is 2.05. The van der Waals surface area contributed by atoms with Crippen LogP contribution in [0.25, 0.3) is 0 Å². The van der Waals surface area contributed by atoms with Gasteiger partial charge in [-0.15, -0.1) is 0 Å². The molecule has 0 aromatic rings. The van der Waals surface area contributed by atoms with Crippen molar-refractivity contribution < 1.29 is 14.6 Å². The summed E-state index contributed by atoms with van der Waals surface area (Å²) in [6.07, 6.45) is 0.809. The number of rotatable bonds is 7. The second-order valence-electron chi connectivity index (χ2n) is 2.22. The number of aliphatic hydroxyl groups is 1. The van der Waals surface area contributed by atoms with E-state index in [0.717, 1.165) is 12.5 Å². The molecular formula is C7H15O3Si. The second-order valence-corrected chi connectivity index (χ2v) is 2.72. The molecule has 0 aliphatic carbocycles. The smallest absolute Gasteiger partial charge is 0.103 e. The molecular weight excluding hydrogens is 160 g/mol. The summed E-state index contributed by atoms with van der Waals surface area (Å²) in [7, 11) is 4.90. The maximum atomic E-state index is 8.67. The molecule has 0 spiro atoms. The third-order valence-corrected chi connectivity index (χ3v) is 1.66. The van der Waals surface area contributed by atoms with Crippen molar-refractivity contribution in [2.45, 2.75) is 18.6 Å². The molecule has 65 valence electrons. The monoisotopic (exact) mass is 175 g/mol. The van der Waals surface area contributed by atoms with Crippen LogP contribution in [-0.4, -0.2) is 48.4 Å². The van der Waals surface area contributed by atoms with Crippen LogP contribution < -0.4 is 0 Å². The summed E-state index contributed by atoms with van der Waals surface area (Å²) in [5.41, 5.74) is 0. The Bertz CT molecular complexity index is 76.1.